The molecule has 1 N–H and O–H groups in total. The highest BCUT2D eigenvalue weighted by Gasteiger charge is 2.18. The van der Waals surface area contributed by atoms with Crippen molar-refractivity contribution in [2.75, 3.05) is 0 Å². The highest BCUT2D eigenvalue weighted by Crippen LogP contribution is 2.27. The van der Waals surface area contributed by atoms with Crippen LogP contribution in [0.2, 0.25) is 0 Å². The number of aliphatic hydroxyl groups excluding tert-OH is 1. The first-order chi connectivity index (χ1) is 8.77. The van der Waals surface area contributed by atoms with Gasteiger partial charge in [0.25, 0.3) is 0 Å². The monoisotopic (exact) mass is 239 g/mol. The van der Waals surface area contributed by atoms with Crippen LogP contribution in [0.4, 0.5) is 0 Å². The van der Waals surface area contributed by atoms with Gasteiger partial charge in [0, 0.05) is 30.4 Å². The number of hydrogen-bond acceptors (Lipinski definition) is 3. The molecule has 4 nitrogen and oxygen atoms in total. The van der Waals surface area contributed by atoms with Crippen molar-refractivity contribution in [3.63, 3.8) is 0 Å². The van der Waals surface area contributed by atoms with Gasteiger partial charge in [-0.15, -0.1) is 0 Å². The van der Waals surface area contributed by atoms with E-state index in [1.807, 2.05) is 43.4 Å². The number of aliphatic hydroxyl groups is 1. The Labute approximate surface area is 105 Å². The average Bonchev–Trinajstić information content (AvgIpc) is 2.77. The van der Waals surface area contributed by atoms with Crippen LogP contribution < -0.4 is 0 Å². The van der Waals surface area contributed by atoms with Gasteiger partial charge in [0.15, 0.2) is 0 Å². The van der Waals surface area contributed by atoms with Crippen molar-refractivity contribution in [2.24, 2.45) is 7.05 Å². The summed E-state index contributed by atoms with van der Waals surface area (Å²) < 4.78 is 1.78. The molecule has 0 bridgehead atoms. The Bertz CT molecular complexity index is 676. The first kappa shape index (κ1) is 10.9. The molecule has 0 aliphatic carbocycles. The molecule has 18 heavy (non-hydrogen) atoms. The Balaban J connectivity index is 2.15. The number of nitrogens with zero attached hydrogens (tertiary/aromatic N) is 3. The lowest BCUT2D eigenvalue weighted by molar-refractivity contribution is 0.215. The van der Waals surface area contributed by atoms with E-state index in [2.05, 4.69) is 10.1 Å². The number of aryl methyl sites for hydroxylation is 1. The summed E-state index contributed by atoms with van der Waals surface area (Å²) >= 11 is 0. The molecule has 1 aromatic carbocycles. The zero-order valence-corrected chi connectivity index (χ0v) is 9.99. The van der Waals surface area contributed by atoms with Crippen LogP contribution in [-0.4, -0.2) is 19.9 Å². The van der Waals surface area contributed by atoms with Crippen molar-refractivity contribution in [1.29, 1.82) is 0 Å². The summed E-state index contributed by atoms with van der Waals surface area (Å²) in [4.78, 5) is 4.02. The van der Waals surface area contributed by atoms with Crippen LogP contribution in [-0.2, 0) is 7.05 Å². The Hall–Kier alpha value is -2.20. The van der Waals surface area contributed by atoms with Crippen LogP contribution in [0, 0.1) is 0 Å². The van der Waals surface area contributed by atoms with Gasteiger partial charge in [-0.25, -0.2) is 0 Å². The molecule has 0 fully saturated rings. The summed E-state index contributed by atoms with van der Waals surface area (Å²) in [6.07, 6.45) is 2.60. The number of aromatic nitrogens is 3. The molecule has 0 aliphatic heterocycles. The van der Waals surface area contributed by atoms with Crippen molar-refractivity contribution in [3.8, 4) is 0 Å². The summed E-state index contributed by atoms with van der Waals surface area (Å²) in [5.74, 6) is 0. The minimum absolute atomic E-state index is 0.668. The second-order valence-corrected chi connectivity index (χ2v) is 4.21. The zero-order valence-electron chi connectivity index (χ0n) is 9.99. The van der Waals surface area contributed by atoms with E-state index in [0.717, 1.165) is 16.5 Å². The lowest BCUT2D eigenvalue weighted by Gasteiger charge is -2.07. The summed E-state index contributed by atoms with van der Waals surface area (Å²) in [6, 6.07) is 11.5. The number of pyridine rings is 1. The number of para-hydroxylation sites is 1. The third-order valence-corrected chi connectivity index (χ3v) is 3.05. The van der Waals surface area contributed by atoms with E-state index in [4.69, 9.17) is 0 Å². The van der Waals surface area contributed by atoms with E-state index >= 15 is 0 Å². The van der Waals surface area contributed by atoms with Gasteiger partial charge in [0.05, 0.1) is 5.52 Å². The first-order valence-electron chi connectivity index (χ1n) is 5.77. The quantitative estimate of drug-likeness (QED) is 0.744. The number of benzene rings is 1. The fourth-order valence-corrected chi connectivity index (χ4v) is 2.14. The molecule has 4 heteroatoms. The van der Waals surface area contributed by atoms with Gasteiger partial charge >= 0.3 is 0 Å². The SMILES string of the molecule is Cn1nc(C(O)c2cccnc2)c2ccccc21. The van der Waals surface area contributed by atoms with E-state index < -0.39 is 6.10 Å². The molecule has 0 saturated heterocycles. The molecule has 2 heterocycles. The van der Waals surface area contributed by atoms with E-state index in [1.165, 1.54) is 0 Å². The van der Waals surface area contributed by atoms with Crippen LogP contribution >= 0.6 is 0 Å². The largest absolute Gasteiger partial charge is 0.382 e. The molecule has 0 amide bonds. The van der Waals surface area contributed by atoms with Crippen LogP contribution in [0.5, 0.6) is 0 Å². The van der Waals surface area contributed by atoms with Crippen molar-refractivity contribution in [1.82, 2.24) is 14.8 Å². The van der Waals surface area contributed by atoms with E-state index in [0.29, 0.717) is 5.69 Å². The summed E-state index contributed by atoms with van der Waals surface area (Å²) in [6.45, 7) is 0. The minimum atomic E-state index is -0.746. The van der Waals surface area contributed by atoms with E-state index in [1.54, 1.807) is 17.1 Å². The second-order valence-electron chi connectivity index (χ2n) is 4.21. The van der Waals surface area contributed by atoms with Crippen LogP contribution in [0.1, 0.15) is 17.4 Å². The smallest absolute Gasteiger partial charge is 0.125 e. The number of hydrogen-bond donors (Lipinski definition) is 1. The molecule has 0 radical (unpaired) electrons. The summed E-state index contributed by atoms with van der Waals surface area (Å²) in [5.41, 5.74) is 2.43. The van der Waals surface area contributed by atoms with E-state index in [-0.39, 0.29) is 0 Å². The molecule has 3 aromatic rings. The Morgan fingerprint density at radius 2 is 2.00 bits per heavy atom. The maximum absolute atomic E-state index is 10.4. The van der Waals surface area contributed by atoms with Gasteiger partial charge in [-0.2, -0.15) is 5.10 Å². The lowest BCUT2D eigenvalue weighted by atomic mass is 10.1. The summed E-state index contributed by atoms with van der Waals surface area (Å²) in [7, 11) is 1.88. The van der Waals surface area contributed by atoms with Crippen molar-refractivity contribution in [2.45, 2.75) is 6.10 Å². The van der Waals surface area contributed by atoms with E-state index in [9.17, 15) is 5.11 Å². The second kappa shape index (κ2) is 4.23. The maximum atomic E-state index is 10.4. The Morgan fingerprint density at radius 3 is 2.78 bits per heavy atom. The normalized spacial score (nSPS) is 12.8. The van der Waals surface area contributed by atoms with Crippen molar-refractivity contribution >= 4 is 10.9 Å². The van der Waals surface area contributed by atoms with Gasteiger partial charge in [-0.05, 0) is 12.1 Å². The fourth-order valence-electron chi connectivity index (χ4n) is 2.14. The molecular formula is C14H13N3O. The number of rotatable bonds is 2. The van der Waals surface area contributed by atoms with Crippen molar-refractivity contribution in [3.05, 3.63) is 60.0 Å². The van der Waals surface area contributed by atoms with Gasteiger partial charge in [0.2, 0.25) is 0 Å². The highest BCUT2D eigenvalue weighted by atomic mass is 16.3. The average molecular weight is 239 g/mol. The van der Waals surface area contributed by atoms with Gasteiger partial charge in [0.1, 0.15) is 11.8 Å². The first-order valence-corrected chi connectivity index (χ1v) is 5.77. The topological polar surface area (TPSA) is 50.9 Å². The Morgan fingerprint density at radius 1 is 1.17 bits per heavy atom. The molecule has 0 saturated carbocycles. The zero-order chi connectivity index (χ0) is 12.5. The highest BCUT2D eigenvalue weighted by molar-refractivity contribution is 5.82. The van der Waals surface area contributed by atoms with Gasteiger partial charge < -0.3 is 5.11 Å². The van der Waals surface area contributed by atoms with Crippen LogP contribution in [0.25, 0.3) is 10.9 Å². The van der Waals surface area contributed by atoms with Gasteiger partial charge in [-0.3, -0.25) is 9.67 Å². The van der Waals surface area contributed by atoms with Crippen LogP contribution in [0.3, 0.4) is 0 Å². The minimum Gasteiger partial charge on any atom is -0.382 e. The molecule has 0 aliphatic rings. The fraction of sp³-hybridized carbons (Fsp3) is 0.143. The lowest BCUT2D eigenvalue weighted by Crippen LogP contribution is -2.02. The molecular weight excluding hydrogens is 226 g/mol. The van der Waals surface area contributed by atoms with Crippen LogP contribution in [0.15, 0.2) is 48.8 Å². The molecule has 3 rings (SSSR count). The third-order valence-electron chi connectivity index (χ3n) is 3.05. The number of fused-ring (bicyclic) bond motifs is 1. The molecule has 1 atom stereocenters. The maximum Gasteiger partial charge on any atom is 0.125 e. The van der Waals surface area contributed by atoms with Gasteiger partial charge in [-0.1, -0.05) is 24.3 Å². The van der Waals surface area contributed by atoms with Crippen molar-refractivity contribution < 1.29 is 5.11 Å². The molecule has 0 spiro atoms. The summed E-state index contributed by atoms with van der Waals surface area (Å²) in [5, 5.41) is 15.8. The predicted molar refractivity (Wildman–Crippen MR) is 69.0 cm³/mol. The molecule has 2 aromatic heterocycles. The molecule has 1 unspecified atom stereocenters. The third kappa shape index (κ3) is 1.67. The predicted octanol–water partition coefficient (Wildman–Crippen LogP) is 2.05. The standard InChI is InChI=1S/C14H13N3O/c1-17-12-7-3-2-6-11(12)13(16-17)14(18)10-5-4-8-15-9-10/h2-9,14,18H,1H3. The molecule has 90 valence electrons. The Kier molecular flexibility index (Phi) is 2.57.